The van der Waals surface area contributed by atoms with E-state index in [-0.39, 0.29) is 42.2 Å². The summed E-state index contributed by atoms with van der Waals surface area (Å²) < 4.78 is 40.6. The molecule has 11 heteroatoms. The van der Waals surface area contributed by atoms with E-state index >= 15 is 0 Å². The van der Waals surface area contributed by atoms with E-state index < -0.39 is 17.9 Å². The van der Waals surface area contributed by atoms with Crippen molar-refractivity contribution in [2.45, 2.75) is 45.1 Å². The number of halogens is 4. The highest BCUT2D eigenvalue weighted by molar-refractivity contribution is 14.0. The average Bonchev–Trinajstić information content (AvgIpc) is 3.18. The van der Waals surface area contributed by atoms with Gasteiger partial charge in [0.25, 0.3) is 0 Å². The van der Waals surface area contributed by atoms with Crippen LogP contribution in [0, 0.1) is 5.41 Å². The number of carbonyl (C=O) groups is 1. The second kappa shape index (κ2) is 12.5. The number of carbonyl (C=O) groups excluding carboxylic acids is 1. The van der Waals surface area contributed by atoms with Crippen LogP contribution in [0.15, 0.2) is 29.3 Å². The number of alkyl halides is 3. The maximum absolute atomic E-state index is 12.7. The lowest BCUT2D eigenvalue weighted by molar-refractivity contribution is -0.274. The van der Waals surface area contributed by atoms with E-state index in [1.165, 1.54) is 12.1 Å². The maximum Gasteiger partial charge on any atom is 0.573 e. The van der Waals surface area contributed by atoms with E-state index in [2.05, 4.69) is 20.4 Å². The smallest absolute Gasteiger partial charge is 0.406 e. The summed E-state index contributed by atoms with van der Waals surface area (Å²) in [5.74, 6) is 0.195. The molecule has 2 rings (SSSR count). The van der Waals surface area contributed by atoms with Gasteiger partial charge in [-0.2, -0.15) is 0 Å². The molecule has 3 N–H and O–H groups in total. The van der Waals surface area contributed by atoms with Gasteiger partial charge in [-0.15, -0.1) is 37.1 Å². The first-order valence-corrected chi connectivity index (χ1v) is 10.3. The van der Waals surface area contributed by atoms with Gasteiger partial charge >= 0.3 is 6.36 Å². The Labute approximate surface area is 203 Å². The van der Waals surface area contributed by atoms with Crippen LogP contribution in [-0.2, 0) is 4.79 Å². The molecule has 1 aliphatic carbocycles. The Bertz CT molecular complexity index is 752. The summed E-state index contributed by atoms with van der Waals surface area (Å²) in [6, 6.07) is 5.06. The van der Waals surface area contributed by atoms with Crippen LogP contribution < -0.4 is 15.4 Å². The number of rotatable bonds is 8. The molecule has 1 aromatic rings. The highest BCUT2D eigenvalue weighted by Gasteiger charge is 2.42. The van der Waals surface area contributed by atoms with Gasteiger partial charge in [0.2, 0.25) is 5.91 Å². The van der Waals surface area contributed by atoms with Gasteiger partial charge in [-0.25, -0.2) is 0 Å². The van der Waals surface area contributed by atoms with Crippen molar-refractivity contribution < 1.29 is 27.8 Å². The van der Waals surface area contributed by atoms with Crippen molar-refractivity contribution in [2.24, 2.45) is 10.4 Å². The Morgan fingerprint density at radius 1 is 1.22 bits per heavy atom. The number of guanidine groups is 1. The second-order valence-corrected chi connectivity index (χ2v) is 7.90. The third-order valence-electron chi connectivity index (χ3n) is 5.27. The normalized spacial score (nSPS) is 16.7. The number of benzene rings is 1. The van der Waals surface area contributed by atoms with Crippen molar-refractivity contribution in [2.75, 3.05) is 33.7 Å². The lowest BCUT2D eigenvalue weighted by atomic mass is 9.85. The van der Waals surface area contributed by atoms with Gasteiger partial charge in [0, 0.05) is 27.2 Å². The minimum Gasteiger partial charge on any atom is -0.406 e. The summed E-state index contributed by atoms with van der Waals surface area (Å²) in [6.45, 7) is 2.95. The molecule has 0 spiro atoms. The number of nitrogens with one attached hydrogen (secondary N) is 2. The second-order valence-electron chi connectivity index (χ2n) is 7.90. The SMILES string of the molecule is CCNC(=NCC1(C(=O)N(C)C)CCCC1)NCC(O)c1ccc(OC(F)(F)F)cc1.I. The van der Waals surface area contributed by atoms with Crippen molar-refractivity contribution in [1.29, 1.82) is 0 Å². The molecular formula is C21H32F3IN4O3. The molecule has 1 saturated carbocycles. The molecule has 0 bridgehead atoms. The number of aliphatic hydroxyl groups is 1. The van der Waals surface area contributed by atoms with Gasteiger partial charge in [0.05, 0.1) is 18.1 Å². The zero-order chi connectivity index (χ0) is 23.1. The van der Waals surface area contributed by atoms with Crippen molar-refractivity contribution >= 4 is 35.8 Å². The maximum atomic E-state index is 12.7. The number of hydrogen-bond acceptors (Lipinski definition) is 4. The van der Waals surface area contributed by atoms with Gasteiger partial charge in [0.1, 0.15) is 5.75 Å². The standard InChI is InChI=1S/C21H31F3N4O3.HI/c1-4-25-19(27-14-20(11-5-6-12-20)18(30)28(2)3)26-13-17(29)15-7-9-16(10-8-15)31-21(22,23)24;/h7-10,17,29H,4-6,11-14H2,1-3H3,(H2,25,26,27);1H. The Morgan fingerprint density at radius 2 is 1.81 bits per heavy atom. The predicted octanol–water partition coefficient (Wildman–Crippen LogP) is 3.44. The topological polar surface area (TPSA) is 86.2 Å². The monoisotopic (exact) mass is 572 g/mol. The number of ether oxygens (including phenoxy) is 1. The predicted molar refractivity (Wildman–Crippen MR) is 127 cm³/mol. The van der Waals surface area contributed by atoms with E-state index in [0.717, 1.165) is 37.8 Å². The lowest BCUT2D eigenvalue weighted by Gasteiger charge is -2.29. The van der Waals surface area contributed by atoms with Crippen LogP contribution in [0.3, 0.4) is 0 Å². The van der Waals surface area contributed by atoms with Gasteiger partial charge < -0.3 is 25.4 Å². The van der Waals surface area contributed by atoms with Crippen molar-refractivity contribution in [1.82, 2.24) is 15.5 Å². The third kappa shape index (κ3) is 8.30. The van der Waals surface area contributed by atoms with E-state index in [1.807, 2.05) is 6.92 Å². The summed E-state index contributed by atoms with van der Waals surface area (Å²) in [6.07, 6.45) is -2.15. The molecular weight excluding hydrogens is 540 g/mol. The van der Waals surface area contributed by atoms with Crippen LogP contribution in [0.2, 0.25) is 0 Å². The molecule has 1 amide bonds. The fourth-order valence-electron chi connectivity index (χ4n) is 3.74. The van der Waals surface area contributed by atoms with Crippen LogP contribution in [-0.4, -0.2) is 62.0 Å². The van der Waals surface area contributed by atoms with Crippen LogP contribution in [0.1, 0.15) is 44.3 Å². The fraction of sp³-hybridized carbons (Fsp3) is 0.619. The molecule has 1 aromatic carbocycles. The van der Waals surface area contributed by atoms with E-state index in [1.54, 1.807) is 19.0 Å². The first kappa shape index (κ1) is 28.3. The molecule has 7 nitrogen and oxygen atoms in total. The Balaban J connectivity index is 0.00000512. The molecule has 182 valence electrons. The highest BCUT2D eigenvalue weighted by Crippen LogP contribution is 2.39. The first-order chi connectivity index (χ1) is 14.6. The minimum atomic E-state index is -4.76. The Hall–Kier alpha value is -1.76. The summed E-state index contributed by atoms with van der Waals surface area (Å²) >= 11 is 0. The fourth-order valence-corrected chi connectivity index (χ4v) is 3.74. The molecule has 32 heavy (non-hydrogen) atoms. The number of aliphatic hydroxyl groups excluding tert-OH is 1. The van der Waals surface area contributed by atoms with Gasteiger partial charge in [0.15, 0.2) is 5.96 Å². The zero-order valence-electron chi connectivity index (χ0n) is 18.5. The first-order valence-electron chi connectivity index (χ1n) is 10.3. The number of aliphatic imine (C=N–C) groups is 1. The molecule has 0 aliphatic heterocycles. The third-order valence-corrected chi connectivity index (χ3v) is 5.27. The van der Waals surface area contributed by atoms with E-state index in [4.69, 9.17) is 0 Å². The minimum absolute atomic E-state index is 0. The van der Waals surface area contributed by atoms with Crippen molar-refractivity contribution in [3.63, 3.8) is 0 Å². The van der Waals surface area contributed by atoms with Gasteiger partial charge in [-0.3, -0.25) is 9.79 Å². The molecule has 1 atom stereocenters. The summed E-state index contributed by atoms with van der Waals surface area (Å²) in [4.78, 5) is 18.9. The van der Waals surface area contributed by atoms with E-state index in [9.17, 15) is 23.1 Å². The average molecular weight is 572 g/mol. The molecule has 0 saturated heterocycles. The number of hydrogen-bond donors (Lipinski definition) is 3. The van der Waals surface area contributed by atoms with E-state index in [0.29, 0.717) is 24.6 Å². The molecule has 0 aromatic heterocycles. The van der Waals surface area contributed by atoms with Crippen LogP contribution >= 0.6 is 24.0 Å². The zero-order valence-corrected chi connectivity index (χ0v) is 20.9. The van der Waals surface area contributed by atoms with Crippen LogP contribution in [0.4, 0.5) is 13.2 Å². The van der Waals surface area contributed by atoms with Gasteiger partial charge in [-0.1, -0.05) is 25.0 Å². The van der Waals surface area contributed by atoms with Crippen molar-refractivity contribution in [3.8, 4) is 5.75 Å². The number of nitrogens with zero attached hydrogens (tertiary/aromatic N) is 2. The molecule has 0 radical (unpaired) electrons. The highest BCUT2D eigenvalue weighted by atomic mass is 127. The lowest BCUT2D eigenvalue weighted by Crippen LogP contribution is -2.43. The summed E-state index contributed by atoms with van der Waals surface area (Å²) in [5.41, 5.74) is -0.0633. The number of amides is 1. The van der Waals surface area contributed by atoms with Crippen LogP contribution in [0.25, 0.3) is 0 Å². The summed E-state index contributed by atoms with van der Waals surface area (Å²) in [5, 5.41) is 16.5. The van der Waals surface area contributed by atoms with Gasteiger partial charge in [-0.05, 0) is 37.5 Å². The molecule has 1 unspecified atom stereocenters. The van der Waals surface area contributed by atoms with Crippen molar-refractivity contribution in [3.05, 3.63) is 29.8 Å². The quantitative estimate of drug-likeness (QED) is 0.253. The van der Waals surface area contributed by atoms with Crippen LogP contribution in [0.5, 0.6) is 5.75 Å². The Kier molecular flexibility index (Phi) is 11.0. The molecule has 1 aliphatic rings. The Morgan fingerprint density at radius 3 is 2.31 bits per heavy atom. The summed E-state index contributed by atoms with van der Waals surface area (Å²) in [7, 11) is 3.49. The largest absolute Gasteiger partial charge is 0.573 e. The molecule has 1 fully saturated rings. The molecule has 0 heterocycles.